The van der Waals surface area contributed by atoms with Crippen LogP contribution in [0.5, 0.6) is 11.5 Å². The number of amides is 5. The normalized spacial score (nSPS) is 16.6. The number of carbonyl (C=O) groups excluding carboxylic acids is 6. The van der Waals surface area contributed by atoms with Gasteiger partial charge >= 0.3 is 30.1 Å². The van der Waals surface area contributed by atoms with Gasteiger partial charge in [0.25, 0.3) is 5.91 Å². The van der Waals surface area contributed by atoms with Gasteiger partial charge in [0.2, 0.25) is 11.8 Å². The van der Waals surface area contributed by atoms with Crippen molar-refractivity contribution < 1.29 is 69.7 Å². The first-order valence-corrected chi connectivity index (χ1v) is 27.6. The number of fused-ring (bicyclic) bond motifs is 7. The van der Waals surface area contributed by atoms with Gasteiger partial charge in [-0.05, 0) is 136 Å². The molecular formula is C58H59F6N7O9S. The van der Waals surface area contributed by atoms with E-state index >= 15 is 0 Å². The number of esters is 1. The van der Waals surface area contributed by atoms with Gasteiger partial charge in [0.05, 0.1) is 15.8 Å². The lowest BCUT2D eigenvalue weighted by atomic mass is 9.77. The van der Waals surface area contributed by atoms with Crippen LogP contribution >= 0.6 is 11.3 Å². The number of alkyl halides is 6. The SMILES string of the molecule is CCN(C(=O)Cn1c(C(=O)N[C@H]2CC[C@H](C(=O)NCCCCCCCCNC(O)c3ccc4c(c3)C3(OC4=O)c4ccc(NC(=O)C(F)(F)F)cc4Oc4cc(NC(=O)C(F)(F)F)ccc43)CC2)cc2sccc21)c1cccc(C)c1. The number of aliphatic hydroxyl groups excluding tert-OH is 1. The Bertz CT molecular complexity index is 3290. The Labute approximate surface area is 465 Å². The Kier molecular flexibility index (Phi) is 17.3. The number of nitrogens with zero attached hydrogens (tertiary/aromatic N) is 2. The highest BCUT2D eigenvalue weighted by molar-refractivity contribution is 7.17. The van der Waals surface area contributed by atoms with Crippen molar-refractivity contribution in [2.45, 2.75) is 115 Å². The molecule has 1 saturated carbocycles. The number of ether oxygens (including phenoxy) is 2. The summed E-state index contributed by atoms with van der Waals surface area (Å²) in [5, 5.41) is 26.0. The van der Waals surface area contributed by atoms with Gasteiger partial charge in [-0.25, -0.2) is 4.79 Å². The number of hydrogen-bond acceptors (Lipinski definition) is 11. The summed E-state index contributed by atoms with van der Waals surface area (Å²) in [7, 11) is 0. The molecule has 1 atom stereocenters. The highest BCUT2D eigenvalue weighted by atomic mass is 32.1. The second kappa shape index (κ2) is 24.1. The van der Waals surface area contributed by atoms with Crippen molar-refractivity contribution in [1.82, 2.24) is 20.5 Å². The van der Waals surface area contributed by atoms with Gasteiger partial charge < -0.3 is 45.3 Å². The first kappa shape index (κ1) is 57.9. The fourth-order valence-corrected chi connectivity index (χ4v) is 11.6. The molecule has 4 heterocycles. The highest BCUT2D eigenvalue weighted by Crippen LogP contribution is 2.57. The van der Waals surface area contributed by atoms with E-state index < -0.39 is 42.0 Å². The number of aryl methyl sites for hydroxylation is 1. The number of anilines is 3. The molecule has 1 aliphatic carbocycles. The van der Waals surface area contributed by atoms with Crippen molar-refractivity contribution in [3.63, 3.8) is 0 Å². The number of carbonyl (C=O) groups is 6. The van der Waals surface area contributed by atoms with E-state index in [1.807, 2.05) is 55.6 Å². The minimum atomic E-state index is -5.25. The molecule has 5 amide bonds. The molecule has 6 N–H and O–H groups in total. The summed E-state index contributed by atoms with van der Waals surface area (Å²) in [4.78, 5) is 79.4. The second-order valence-electron chi connectivity index (χ2n) is 20.4. The quantitative estimate of drug-likeness (QED) is 0.0184. The number of nitrogens with one attached hydrogen (secondary N) is 5. The molecule has 0 saturated heterocycles. The third-order valence-electron chi connectivity index (χ3n) is 14.8. The molecule has 4 aromatic carbocycles. The predicted molar refractivity (Wildman–Crippen MR) is 290 cm³/mol. The lowest BCUT2D eigenvalue weighted by molar-refractivity contribution is -0.167. The van der Waals surface area contributed by atoms with E-state index in [4.69, 9.17) is 9.47 Å². The van der Waals surface area contributed by atoms with Crippen LogP contribution in [0.2, 0.25) is 0 Å². The van der Waals surface area contributed by atoms with Crippen molar-refractivity contribution >= 4 is 74.1 Å². The molecule has 2 aromatic heterocycles. The number of likely N-dealkylation sites (N-methyl/N-ethyl adjacent to an activating group) is 1. The van der Waals surface area contributed by atoms with Crippen LogP contribution in [-0.4, -0.2) is 83.2 Å². The molecule has 81 heavy (non-hydrogen) atoms. The summed E-state index contributed by atoms with van der Waals surface area (Å²) in [6.07, 6.45) is -4.12. The van der Waals surface area contributed by atoms with Gasteiger partial charge in [-0.15, -0.1) is 11.3 Å². The van der Waals surface area contributed by atoms with Crippen LogP contribution in [0, 0.1) is 12.8 Å². The van der Waals surface area contributed by atoms with Gasteiger partial charge in [-0.3, -0.25) is 29.3 Å². The van der Waals surface area contributed by atoms with Gasteiger partial charge in [0.15, 0.2) is 5.60 Å². The van der Waals surface area contributed by atoms with E-state index in [9.17, 15) is 60.2 Å². The van der Waals surface area contributed by atoms with Crippen LogP contribution in [-0.2, 0) is 36.1 Å². The maximum atomic E-state index is 13.7. The Morgan fingerprint density at radius 2 is 1.40 bits per heavy atom. The molecule has 428 valence electrons. The van der Waals surface area contributed by atoms with Crippen LogP contribution in [0.25, 0.3) is 10.2 Å². The molecule has 0 bridgehead atoms. The average molecular weight is 1140 g/mol. The van der Waals surface area contributed by atoms with E-state index in [1.54, 1.807) is 20.1 Å². The fourth-order valence-electron chi connectivity index (χ4n) is 10.8. The summed E-state index contributed by atoms with van der Waals surface area (Å²) in [5.74, 6) is -6.39. The van der Waals surface area contributed by atoms with E-state index in [2.05, 4.69) is 16.0 Å². The number of rotatable bonds is 20. The number of aliphatic hydroxyl groups is 1. The van der Waals surface area contributed by atoms with Gasteiger partial charge in [0, 0.05) is 70.9 Å². The topological polar surface area (TPSA) is 209 Å². The predicted octanol–water partition coefficient (Wildman–Crippen LogP) is 10.7. The first-order valence-electron chi connectivity index (χ1n) is 26.7. The number of thiophene rings is 1. The summed E-state index contributed by atoms with van der Waals surface area (Å²) < 4.78 is 93.8. The van der Waals surface area contributed by atoms with Gasteiger partial charge in [-0.1, -0.05) is 43.9 Å². The van der Waals surface area contributed by atoms with Crippen molar-refractivity contribution in [3.05, 3.63) is 135 Å². The summed E-state index contributed by atoms with van der Waals surface area (Å²) in [6, 6.07) is 22.7. The third kappa shape index (κ3) is 12.7. The Balaban J connectivity index is 0.719. The van der Waals surface area contributed by atoms with E-state index in [1.165, 1.54) is 41.7 Å². The molecule has 9 rings (SSSR count). The zero-order valence-electron chi connectivity index (χ0n) is 44.2. The largest absolute Gasteiger partial charge is 0.471 e. The standard InChI is InChI=1S/C58H59F6N7O9S/c1-3-70(39-12-10-11-33(2)27-39)49(72)32-71-44-23-26-81-48(44)31-45(71)52(75)67-36-16-13-34(14-17-36)50(73)65-24-8-6-4-5-7-9-25-66-51(74)35-15-20-40-43(28-35)56(80-53(40)76)41-21-18-37(68-54(77)57(59,60)61)29-46(41)79-47-30-38(19-22-42(47)56)69-55(78)58(62,63)64/h10-12,15,18-23,26-31,34,36,51,66,74H,3-9,13-14,16-17,24-25,32H2,1-2H3,(H,65,73)(H,67,75)(H,68,77)(H,69,78)/t34-,36-,51?. The van der Waals surface area contributed by atoms with Crippen LogP contribution in [0.4, 0.5) is 43.4 Å². The number of unbranched alkanes of at least 4 members (excludes halogenated alkanes) is 5. The number of aromatic nitrogens is 1. The summed E-state index contributed by atoms with van der Waals surface area (Å²) >= 11 is 1.51. The summed E-state index contributed by atoms with van der Waals surface area (Å²) in [5.41, 5.74) is 1.15. The van der Waals surface area contributed by atoms with Crippen molar-refractivity contribution in [2.75, 3.05) is 35.2 Å². The zero-order chi connectivity index (χ0) is 57.8. The number of hydrogen-bond donors (Lipinski definition) is 6. The lowest BCUT2D eigenvalue weighted by Gasteiger charge is -2.37. The van der Waals surface area contributed by atoms with Gasteiger partial charge in [0.1, 0.15) is 30.0 Å². The van der Waals surface area contributed by atoms with Crippen molar-refractivity contribution in [3.8, 4) is 11.5 Å². The van der Waals surface area contributed by atoms with Crippen LogP contribution in [0.3, 0.4) is 0 Å². The zero-order valence-corrected chi connectivity index (χ0v) is 45.0. The maximum Gasteiger partial charge on any atom is 0.471 e. The molecule has 3 aliphatic rings. The van der Waals surface area contributed by atoms with E-state index in [0.29, 0.717) is 63.0 Å². The minimum Gasteiger partial charge on any atom is -0.456 e. The molecule has 23 heteroatoms. The Morgan fingerprint density at radius 3 is 2.01 bits per heavy atom. The van der Waals surface area contributed by atoms with Crippen molar-refractivity contribution in [2.24, 2.45) is 5.92 Å². The molecule has 1 fully saturated rings. The molecule has 1 unspecified atom stereocenters. The molecular weight excluding hydrogens is 1080 g/mol. The molecule has 2 aliphatic heterocycles. The van der Waals surface area contributed by atoms with Crippen molar-refractivity contribution in [1.29, 1.82) is 0 Å². The Morgan fingerprint density at radius 1 is 0.765 bits per heavy atom. The monoisotopic (exact) mass is 1140 g/mol. The molecule has 1 spiro atoms. The second-order valence-corrected chi connectivity index (χ2v) is 21.3. The van der Waals surface area contributed by atoms with Crippen LogP contribution in [0.1, 0.15) is 126 Å². The molecule has 16 nitrogen and oxygen atoms in total. The highest BCUT2D eigenvalue weighted by Gasteiger charge is 2.54. The van der Waals surface area contributed by atoms with Gasteiger partial charge in [-0.2, -0.15) is 26.3 Å². The summed E-state index contributed by atoms with van der Waals surface area (Å²) in [6.45, 7) is 5.34. The number of halogens is 6. The maximum absolute atomic E-state index is 13.7. The first-order chi connectivity index (χ1) is 38.6. The third-order valence-corrected chi connectivity index (χ3v) is 15.7. The molecule has 0 radical (unpaired) electrons. The van der Waals surface area contributed by atoms with E-state index in [0.717, 1.165) is 77.8 Å². The molecule has 6 aromatic rings. The lowest BCUT2D eigenvalue weighted by Crippen LogP contribution is -2.42. The van der Waals surface area contributed by atoms with Crippen LogP contribution < -0.4 is 36.2 Å². The smallest absolute Gasteiger partial charge is 0.456 e. The Hall–Kier alpha value is -7.76. The fraction of sp³-hybridized carbons (Fsp3) is 0.379. The average Bonchev–Trinajstić information content (AvgIpc) is 4.32. The van der Waals surface area contributed by atoms with Crippen LogP contribution in [0.15, 0.2) is 96.4 Å². The minimum absolute atomic E-state index is 0.00701. The van der Waals surface area contributed by atoms with E-state index in [-0.39, 0.29) is 81.4 Å². The number of benzene rings is 4.